The molecule has 5 heteroatoms. The molecule has 0 bridgehead atoms. The quantitative estimate of drug-likeness (QED) is 0.307. The zero-order valence-corrected chi connectivity index (χ0v) is 23.4. The predicted molar refractivity (Wildman–Crippen MR) is 157 cm³/mol. The third-order valence-corrected chi connectivity index (χ3v) is 7.78. The molecule has 0 aliphatic carbocycles. The minimum absolute atomic E-state index is 0.186. The number of carboxylic acids is 1. The Morgan fingerprint density at radius 2 is 1.59 bits per heavy atom. The van der Waals surface area contributed by atoms with E-state index in [1.54, 1.807) is 12.1 Å². The Labute approximate surface area is 229 Å². The number of carbonyl (C=O) groups is 1. The molecule has 3 aliphatic rings. The normalized spacial score (nSPS) is 17.6. The van der Waals surface area contributed by atoms with E-state index in [9.17, 15) is 9.90 Å². The van der Waals surface area contributed by atoms with Crippen LogP contribution in [0.1, 0.15) is 87.0 Å². The monoisotopic (exact) mass is 518 g/mol. The van der Waals surface area contributed by atoms with E-state index >= 15 is 0 Å². The number of nitrogens with one attached hydrogen (secondary N) is 1. The van der Waals surface area contributed by atoms with E-state index in [4.69, 9.17) is 9.73 Å². The first-order chi connectivity index (χ1) is 18.5. The van der Waals surface area contributed by atoms with Gasteiger partial charge in [0.15, 0.2) is 0 Å². The second-order valence-corrected chi connectivity index (χ2v) is 11.7. The van der Waals surface area contributed by atoms with Gasteiger partial charge in [0.2, 0.25) is 0 Å². The molecule has 5 nitrogen and oxygen atoms in total. The molecule has 0 spiro atoms. The molecule has 198 valence electrons. The highest BCUT2D eigenvalue weighted by atomic mass is 16.5. The Morgan fingerprint density at radius 1 is 0.872 bits per heavy atom. The van der Waals surface area contributed by atoms with E-state index < -0.39 is 5.97 Å². The fourth-order valence-electron chi connectivity index (χ4n) is 6.20. The van der Waals surface area contributed by atoms with Crippen molar-refractivity contribution in [1.82, 2.24) is 0 Å². The highest BCUT2D eigenvalue weighted by Gasteiger charge is 2.30. The van der Waals surface area contributed by atoms with Crippen LogP contribution in [-0.2, 0) is 0 Å². The number of benzene rings is 3. The van der Waals surface area contributed by atoms with Gasteiger partial charge < -0.3 is 15.2 Å². The molecule has 0 amide bonds. The van der Waals surface area contributed by atoms with Crippen LogP contribution in [0.25, 0.3) is 16.7 Å². The molecule has 0 fully saturated rings. The molecule has 0 atom stereocenters. The Hall–Kier alpha value is -4.12. The summed E-state index contributed by atoms with van der Waals surface area (Å²) < 4.78 is 6.63. The summed E-state index contributed by atoms with van der Waals surface area (Å²) in [5.41, 5.74) is 7.93. The third kappa shape index (κ3) is 4.17. The van der Waals surface area contributed by atoms with E-state index in [1.165, 1.54) is 11.1 Å². The smallest absolute Gasteiger partial charge is 0.336 e. The summed E-state index contributed by atoms with van der Waals surface area (Å²) in [7, 11) is 0. The number of hydrogen-bond donors (Lipinski definition) is 2. The first-order valence-corrected chi connectivity index (χ1v) is 13.7. The SMILES string of the molecule is CCC1=CC(C)(C)Nc2cc3c(cc21)C(c1ccccc1C(=O)O)=c1cc2c(cc1O3)=NC(C)(C)C=C2CC. The number of nitrogens with zero attached hydrogens (tertiary/aromatic N) is 1. The molecular weight excluding hydrogens is 484 g/mol. The lowest BCUT2D eigenvalue weighted by Gasteiger charge is -2.34. The van der Waals surface area contributed by atoms with Crippen LogP contribution in [0.3, 0.4) is 0 Å². The molecule has 39 heavy (non-hydrogen) atoms. The lowest BCUT2D eigenvalue weighted by atomic mass is 9.83. The molecule has 0 saturated carbocycles. The number of aromatic carboxylic acids is 1. The van der Waals surface area contributed by atoms with Crippen molar-refractivity contribution in [2.75, 3.05) is 5.32 Å². The van der Waals surface area contributed by atoms with Gasteiger partial charge in [0, 0.05) is 45.3 Å². The Bertz CT molecular complexity index is 1760. The van der Waals surface area contributed by atoms with Gasteiger partial charge in [0.05, 0.1) is 22.0 Å². The van der Waals surface area contributed by atoms with E-state index in [2.05, 4.69) is 77.2 Å². The van der Waals surface area contributed by atoms with E-state index in [0.29, 0.717) is 17.1 Å². The lowest BCUT2D eigenvalue weighted by Crippen LogP contribution is -2.32. The molecule has 2 N–H and O–H groups in total. The summed E-state index contributed by atoms with van der Waals surface area (Å²) in [6.45, 7) is 12.9. The maximum atomic E-state index is 12.4. The molecule has 3 aromatic rings. The largest absolute Gasteiger partial charge is 0.478 e. The van der Waals surface area contributed by atoms with Crippen LogP contribution in [0.5, 0.6) is 11.5 Å². The average Bonchev–Trinajstić information content (AvgIpc) is 2.87. The fourth-order valence-corrected chi connectivity index (χ4v) is 6.20. The molecule has 3 heterocycles. The van der Waals surface area contributed by atoms with Gasteiger partial charge in [0.25, 0.3) is 0 Å². The first-order valence-electron chi connectivity index (χ1n) is 13.7. The van der Waals surface area contributed by atoms with Gasteiger partial charge in [-0.3, -0.25) is 4.99 Å². The van der Waals surface area contributed by atoms with Crippen LogP contribution in [0.2, 0.25) is 0 Å². The number of anilines is 1. The van der Waals surface area contributed by atoms with Crippen LogP contribution in [0.15, 0.2) is 65.7 Å². The summed E-state index contributed by atoms with van der Waals surface area (Å²) in [6, 6.07) is 15.7. The number of ether oxygens (including phenoxy) is 1. The van der Waals surface area contributed by atoms with Gasteiger partial charge in [0.1, 0.15) is 11.5 Å². The molecule has 0 aromatic heterocycles. The third-order valence-electron chi connectivity index (χ3n) is 7.78. The van der Waals surface area contributed by atoms with Crippen molar-refractivity contribution in [3.8, 4) is 11.5 Å². The highest BCUT2D eigenvalue weighted by Crippen LogP contribution is 2.45. The van der Waals surface area contributed by atoms with Crippen molar-refractivity contribution in [2.45, 2.75) is 65.5 Å². The summed E-state index contributed by atoms with van der Waals surface area (Å²) in [6.07, 6.45) is 6.28. The number of allylic oxidation sites excluding steroid dienone is 2. The Morgan fingerprint density at radius 3 is 2.31 bits per heavy atom. The minimum Gasteiger partial charge on any atom is -0.478 e. The highest BCUT2D eigenvalue weighted by molar-refractivity contribution is 5.99. The fraction of sp³-hybridized carbons (Fsp3) is 0.294. The molecule has 6 rings (SSSR count). The van der Waals surface area contributed by atoms with Crippen LogP contribution in [0, 0.1) is 0 Å². The van der Waals surface area contributed by atoms with Crippen LogP contribution >= 0.6 is 0 Å². The van der Waals surface area contributed by atoms with Gasteiger partial charge in [-0.1, -0.05) is 44.2 Å². The van der Waals surface area contributed by atoms with Gasteiger partial charge in [-0.15, -0.1) is 0 Å². The van der Waals surface area contributed by atoms with Crippen molar-refractivity contribution < 1.29 is 14.6 Å². The van der Waals surface area contributed by atoms with Gasteiger partial charge in [-0.05, 0) is 75.4 Å². The molecular formula is C34H34N2O3. The first kappa shape index (κ1) is 25.2. The standard InChI is InChI=1S/C34H34N2O3/c1-7-19-17-33(3,4)35-27-15-29-25(13-23(19)27)31(21-11-9-10-12-22(21)32(37)38)26-14-24-20(8-2)18-34(5,6)36-28(24)16-30(26)39-29/h9-18,35H,7-8H2,1-6H3,(H,37,38). The number of fused-ring (bicyclic) bond motifs is 4. The zero-order valence-electron chi connectivity index (χ0n) is 23.4. The topological polar surface area (TPSA) is 70.9 Å². The maximum absolute atomic E-state index is 12.4. The zero-order chi connectivity index (χ0) is 27.7. The van der Waals surface area contributed by atoms with Crippen molar-refractivity contribution in [2.24, 2.45) is 4.99 Å². The molecule has 0 radical (unpaired) electrons. The van der Waals surface area contributed by atoms with Gasteiger partial charge in [-0.2, -0.15) is 0 Å². The second-order valence-electron chi connectivity index (χ2n) is 11.7. The van der Waals surface area contributed by atoms with Gasteiger partial charge in [-0.25, -0.2) is 4.79 Å². The number of hydrogen-bond acceptors (Lipinski definition) is 4. The predicted octanol–water partition coefficient (Wildman–Crippen LogP) is 6.94. The maximum Gasteiger partial charge on any atom is 0.336 e. The Balaban J connectivity index is 1.74. The van der Waals surface area contributed by atoms with Crippen LogP contribution in [-0.4, -0.2) is 22.2 Å². The van der Waals surface area contributed by atoms with Crippen molar-refractivity contribution in [3.05, 3.63) is 99.1 Å². The summed E-state index contributed by atoms with van der Waals surface area (Å²) in [5.74, 6) is 0.444. The van der Waals surface area contributed by atoms with Gasteiger partial charge >= 0.3 is 5.97 Å². The molecule has 0 saturated heterocycles. The van der Waals surface area contributed by atoms with Crippen molar-refractivity contribution >= 4 is 28.4 Å². The van der Waals surface area contributed by atoms with E-state index in [-0.39, 0.29) is 16.6 Å². The number of carboxylic acid groups (broad SMARTS) is 1. The molecule has 3 aromatic carbocycles. The lowest BCUT2D eigenvalue weighted by molar-refractivity contribution is 0.0696. The molecule has 3 aliphatic heterocycles. The van der Waals surface area contributed by atoms with Crippen molar-refractivity contribution in [1.29, 1.82) is 0 Å². The van der Waals surface area contributed by atoms with E-state index in [1.807, 2.05) is 18.2 Å². The Kier molecular flexibility index (Phi) is 5.62. The minimum atomic E-state index is -0.952. The molecule has 0 unspecified atom stereocenters. The number of rotatable bonds is 4. The average molecular weight is 519 g/mol. The van der Waals surface area contributed by atoms with Crippen molar-refractivity contribution in [3.63, 3.8) is 0 Å². The van der Waals surface area contributed by atoms with Crippen LogP contribution < -0.4 is 20.6 Å². The second kappa shape index (κ2) is 8.70. The van der Waals surface area contributed by atoms with Crippen LogP contribution in [0.4, 0.5) is 5.69 Å². The van der Waals surface area contributed by atoms with E-state index in [0.717, 1.165) is 51.4 Å². The summed E-state index contributed by atoms with van der Waals surface area (Å²) in [5, 5.41) is 15.6. The summed E-state index contributed by atoms with van der Waals surface area (Å²) >= 11 is 0. The summed E-state index contributed by atoms with van der Waals surface area (Å²) in [4.78, 5) is 17.4.